The van der Waals surface area contributed by atoms with Crippen LogP contribution in [0.15, 0.2) is 36.4 Å². The van der Waals surface area contributed by atoms with Crippen LogP contribution in [0.2, 0.25) is 0 Å². The molecule has 0 atom stereocenters. The molecule has 0 unspecified atom stereocenters. The average Bonchev–Trinajstić information content (AvgIpc) is 2.37. The summed E-state index contributed by atoms with van der Waals surface area (Å²) in [5, 5.41) is 2.38. The molecule has 0 spiro atoms. The van der Waals surface area contributed by atoms with Crippen LogP contribution in [0.25, 0.3) is 10.8 Å². The molecule has 88 valence electrons. The van der Waals surface area contributed by atoms with Crippen molar-refractivity contribution in [1.29, 1.82) is 0 Å². The SMILES string of the molecule is CCCC(=O)c1ccc2cc(CC)ccc2c1. The van der Waals surface area contributed by atoms with Gasteiger partial charge in [0.15, 0.2) is 5.78 Å². The Bertz CT molecular complexity index is 540. The fraction of sp³-hybridized carbons (Fsp3) is 0.312. The van der Waals surface area contributed by atoms with Gasteiger partial charge in [-0.3, -0.25) is 4.79 Å². The number of benzene rings is 2. The Balaban J connectivity index is 2.41. The molecule has 0 saturated carbocycles. The first-order valence-corrected chi connectivity index (χ1v) is 6.30. The molecule has 0 aromatic heterocycles. The summed E-state index contributed by atoms with van der Waals surface area (Å²) in [4.78, 5) is 11.8. The third kappa shape index (κ3) is 2.55. The van der Waals surface area contributed by atoms with Gasteiger partial charge in [-0.1, -0.05) is 44.2 Å². The molecule has 0 N–H and O–H groups in total. The van der Waals surface area contributed by atoms with Crippen LogP contribution in [0.3, 0.4) is 0 Å². The number of ketones is 1. The number of carbonyl (C=O) groups excluding carboxylic acids is 1. The Kier molecular flexibility index (Phi) is 3.58. The van der Waals surface area contributed by atoms with Gasteiger partial charge in [0.25, 0.3) is 0 Å². The highest BCUT2D eigenvalue weighted by molar-refractivity contribution is 6.00. The summed E-state index contributed by atoms with van der Waals surface area (Å²) >= 11 is 0. The van der Waals surface area contributed by atoms with Gasteiger partial charge in [0, 0.05) is 12.0 Å². The van der Waals surface area contributed by atoms with Gasteiger partial charge in [-0.2, -0.15) is 0 Å². The van der Waals surface area contributed by atoms with E-state index in [1.165, 1.54) is 10.9 Å². The number of rotatable bonds is 4. The summed E-state index contributed by atoms with van der Waals surface area (Å²) < 4.78 is 0. The summed E-state index contributed by atoms with van der Waals surface area (Å²) in [5.74, 6) is 0.244. The van der Waals surface area contributed by atoms with Crippen molar-refractivity contribution in [2.24, 2.45) is 0 Å². The number of carbonyl (C=O) groups is 1. The van der Waals surface area contributed by atoms with Crippen molar-refractivity contribution in [2.75, 3.05) is 0 Å². The quantitative estimate of drug-likeness (QED) is 0.707. The Labute approximate surface area is 102 Å². The third-order valence-electron chi connectivity index (χ3n) is 3.11. The number of aryl methyl sites for hydroxylation is 1. The lowest BCUT2D eigenvalue weighted by Crippen LogP contribution is -1.97. The molecular formula is C16H18O. The van der Waals surface area contributed by atoms with E-state index < -0.39 is 0 Å². The minimum Gasteiger partial charge on any atom is -0.294 e. The van der Waals surface area contributed by atoms with Gasteiger partial charge in [0.05, 0.1) is 0 Å². The summed E-state index contributed by atoms with van der Waals surface area (Å²) in [7, 11) is 0. The smallest absolute Gasteiger partial charge is 0.162 e. The molecule has 0 fully saturated rings. The Morgan fingerprint density at radius 1 is 1.00 bits per heavy atom. The van der Waals surface area contributed by atoms with Gasteiger partial charge in [-0.05, 0) is 35.2 Å². The van der Waals surface area contributed by atoms with Gasteiger partial charge in [-0.15, -0.1) is 0 Å². The first kappa shape index (κ1) is 11.8. The number of hydrogen-bond donors (Lipinski definition) is 0. The largest absolute Gasteiger partial charge is 0.294 e. The molecule has 0 bridgehead atoms. The summed E-state index contributed by atoms with van der Waals surface area (Å²) in [6.07, 6.45) is 2.59. The summed E-state index contributed by atoms with van der Waals surface area (Å²) in [6, 6.07) is 12.4. The van der Waals surface area contributed by atoms with Crippen LogP contribution in [0.1, 0.15) is 42.6 Å². The van der Waals surface area contributed by atoms with Crippen molar-refractivity contribution in [3.63, 3.8) is 0 Å². The van der Waals surface area contributed by atoms with E-state index in [9.17, 15) is 4.79 Å². The number of hydrogen-bond acceptors (Lipinski definition) is 1. The van der Waals surface area contributed by atoms with Crippen LogP contribution >= 0.6 is 0 Å². The Hall–Kier alpha value is -1.63. The summed E-state index contributed by atoms with van der Waals surface area (Å²) in [5.41, 5.74) is 2.17. The predicted octanol–water partition coefficient (Wildman–Crippen LogP) is 4.39. The van der Waals surface area contributed by atoms with E-state index in [2.05, 4.69) is 31.2 Å². The second-order valence-corrected chi connectivity index (χ2v) is 4.42. The normalized spacial score (nSPS) is 10.7. The van der Waals surface area contributed by atoms with E-state index in [4.69, 9.17) is 0 Å². The van der Waals surface area contributed by atoms with E-state index >= 15 is 0 Å². The van der Waals surface area contributed by atoms with Crippen molar-refractivity contribution in [1.82, 2.24) is 0 Å². The fourth-order valence-electron chi connectivity index (χ4n) is 2.06. The second kappa shape index (κ2) is 5.13. The molecule has 17 heavy (non-hydrogen) atoms. The van der Waals surface area contributed by atoms with Gasteiger partial charge in [0.2, 0.25) is 0 Å². The van der Waals surface area contributed by atoms with Crippen molar-refractivity contribution in [3.05, 3.63) is 47.5 Å². The molecule has 0 heterocycles. The number of fused-ring (bicyclic) bond motifs is 1. The Morgan fingerprint density at radius 2 is 1.71 bits per heavy atom. The van der Waals surface area contributed by atoms with Gasteiger partial charge < -0.3 is 0 Å². The zero-order valence-electron chi connectivity index (χ0n) is 10.5. The van der Waals surface area contributed by atoms with E-state index in [1.54, 1.807) is 0 Å². The second-order valence-electron chi connectivity index (χ2n) is 4.42. The van der Waals surface area contributed by atoms with Crippen LogP contribution in [-0.2, 0) is 6.42 Å². The highest BCUT2D eigenvalue weighted by Crippen LogP contribution is 2.19. The molecule has 0 amide bonds. The Morgan fingerprint density at radius 3 is 2.41 bits per heavy atom. The molecule has 0 aliphatic carbocycles. The highest BCUT2D eigenvalue weighted by atomic mass is 16.1. The monoisotopic (exact) mass is 226 g/mol. The molecule has 2 aromatic rings. The van der Waals surface area contributed by atoms with Crippen molar-refractivity contribution >= 4 is 16.6 Å². The van der Waals surface area contributed by atoms with Crippen LogP contribution in [0.4, 0.5) is 0 Å². The lowest BCUT2D eigenvalue weighted by molar-refractivity contribution is 0.0982. The zero-order chi connectivity index (χ0) is 12.3. The van der Waals surface area contributed by atoms with E-state index in [0.29, 0.717) is 6.42 Å². The van der Waals surface area contributed by atoms with E-state index in [1.807, 2.05) is 19.1 Å². The zero-order valence-corrected chi connectivity index (χ0v) is 10.5. The molecule has 0 radical (unpaired) electrons. The lowest BCUT2D eigenvalue weighted by Gasteiger charge is -2.04. The highest BCUT2D eigenvalue weighted by Gasteiger charge is 2.05. The molecule has 1 nitrogen and oxygen atoms in total. The van der Waals surface area contributed by atoms with Crippen molar-refractivity contribution in [2.45, 2.75) is 33.1 Å². The van der Waals surface area contributed by atoms with Crippen LogP contribution in [-0.4, -0.2) is 5.78 Å². The van der Waals surface area contributed by atoms with E-state index in [-0.39, 0.29) is 5.78 Å². The third-order valence-corrected chi connectivity index (χ3v) is 3.11. The van der Waals surface area contributed by atoms with Gasteiger partial charge >= 0.3 is 0 Å². The molecule has 2 aromatic carbocycles. The first-order valence-electron chi connectivity index (χ1n) is 6.30. The minimum absolute atomic E-state index is 0.244. The minimum atomic E-state index is 0.244. The lowest BCUT2D eigenvalue weighted by atomic mass is 10.0. The molecule has 1 heteroatoms. The molecule has 0 aliphatic rings. The standard InChI is InChI=1S/C16H18O/c1-3-5-16(17)15-9-8-13-10-12(4-2)6-7-14(13)11-15/h6-11H,3-5H2,1-2H3. The predicted molar refractivity (Wildman–Crippen MR) is 72.6 cm³/mol. The van der Waals surface area contributed by atoms with Crippen LogP contribution in [0, 0.1) is 0 Å². The molecular weight excluding hydrogens is 208 g/mol. The summed E-state index contributed by atoms with van der Waals surface area (Å²) in [6.45, 7) is 4.19. The maximum atomic E-state index is 11.8. The van der Waals surface area contributed by atoms with Crippen LogP contribution < -0.4 is 0 Å². The van der Waals surface area contributed by atoms with Gasteiger partial charge in [-0.25, -0.2) is 0 Å². The van der Waals surface area contributed by atoms with Crippen molar-refractivity contribution in [3.8, 4) is 0 Å². The molecule has 0 aliphatic heterocycles. The maximum Gasteiger partial charge on any atom is 0.162 e. The maximum absolute atomic E-state index is 11.8. The topological polar surface area (TPSA) is 17.1 Å². The van der Waals surface area contributed by atoms with Gasteiger partial charge in [0.1, 0.15) is 0 Å². The first-order chi connectivity index (χ1) is 8.24. The molecule has 2 rings (SSSR count). The fourth-order valence-corrected chi connectivity index (χ4v) is 2.06. The molecule has 0 saturated heterocycles. The van der Waals surface area contributed by atoms with Crippen molar-refractivity contribution < 1.29 is 4.79 Å². The average molecular weight is 226 g/mol. The van der Waals surface area contributed by atoms with Crippen LogP contribution in [0.5, 0.6) is 0 Å². The number of Topliss-reactive ketones (excluding diaryl/α,β-unsaturated/α-hetero) is 1. The van der Waals surface area contributed by atoms with E-state index in [0.717, 1.165) is 23.8 Å².